The van der Waals surface area contributed by atoms with Crippen LogP contribution in [0.15, 0.2) is 30.4 Å². The Kier molecular flexibility index (Phi) is 5.99. The van der Waals surface area contributed by atoms with Crippen LogP contribution in [0.3, 0.4) is 0 Å². The van der Waals surface area contributed by atoms with E-state index < -0.39 is 0 Å². The molecule has 0 atom stereocenters. The number of hydrogen-bond donors (Lipinski definition) is 2. The molecule has 1 aromatic carbocycles. The maximum absolute atomic E-state index is 14.3. The minimum Gasteiger partial charge on any atom is -0.393 e. The molecule has 0 unspecified atom stereocenters. The SMILES string of the molecule is CC(C)(C)C=CC(=O)NCc1ccc(N2CCC(O)CC2)c(F)c1. The minimum atomic E-state index is -0.289. The number of aliphatic hydroxyl groups is 1. The summed E-state index contributed by atoms with van der Waals surface area (Å²) in [6.07, 6.45) is 4.41. The Bertz CT molecular complexity index is 600. The Morgan fingerprint density at radius 3 is 2.62 bits per heavy atom. The van der Waals surface area contributed by atoms with Gasteiger partial charge >= 0.3 is 0 Å². The number of benzene rings is 1. The zero-order valence-corrected chi connectivity index (χ0v) is 14.7. The number of allylic oxidation sites excluding steroid dienone is 1. The summed E-state index contributed by atoms with van der Waals surface area (Å²) in [7, 11) is 0. The van der Waals surface area contributed by atoms with Crippen molar-refractivity contribution in [3.05, 3.63) is 41.7 Å². The number of nitrogens with one attached hydrogen (secondary N) is 1. The number of amides is 1. The molecule has 1 aliphatic rings. The number of aliphatic hydroxyl groups excluding tert-OH is 1. The molecule has 0 aliphatic carbocycles. The van der Waals surface area contributed by atoms with Crippen LogP contribution in [0.25, 0.3) is 0 Å². The van der Waals surface area contributed by atoms with Gasteiger partial charge in [0, 0.05) is 19.6 Å². The van der Waals surface area contributed by atoms with Gasteiger partial charge in [-0.25, -0.2) is 4.39 Å². The van der Waals surface area contributed by atoms with Crippen molar-refractivity contribution < 1.29 is 14.3 Å². The number of rotatable bonds is 4. The lowest BCUT2D eigenvalue weighted by atomic mass is 9.96. The number of carbonyl (C=O) groups excluding carboxylic acids is 1. The van der Waals surface area contributed by atoms with Crippen LogP contribution in [0.5, 0.6) is 0 Å². The second-order valence-corrected chi connectivity index (χ2v) is 7.42. The monoisotopic (exact) mass is 334 g/mol. The second-order valence-electron chi connectivity index (χ2n) is 7.42. The van der Waals surface area contributed by atoms with Gasteiger partial charge < -0.3 is 15.3 Å². The van der Waals surface area contributed by atoms with Gasteiger partial charge in [0.05, 0.1) is 11.8 Å². The molecule has 1 aromatic rings. The number of hydrogen-bond acceptors (Lipinski definition) is 3. The van der Waals surface area contributed by atoms with Crippen molar-refractivity contribution in [2.75, 3.05) is 18.0 Å². The molecule has 0 bridgehead atoms. The molecule has 0 radical (unpaired) electrons. The minimum absolute atomic E-state index is 0.0485. The van der Waals surface area contributed by atoms with Gasteiger partial charge in [-0.2, -0.15) is 0 Å². The van der Waals surface area contributed by atoms with E-state index in [1.807, 2.05) is 37.8 Å². The third-order valence-electron chi connectivity index (χ3n) is 4.02. The summed E-state index contributed by atoms with van der Waals surface area (Å²) >= 11 is 0. The predicted octanol–water partition coefficient (Wildman–Crippen LogP) is 3.01. The lowest BCUT2D eigenvalue weighted by Crippen LogP contribution is -2.36. The first-order valence-electron chi connectivity index (χ1n) is 8.43. The van der Waals surface area contributed by atoms with Crippen LogP contribution in [-0.4, -0.2) is 30.2 Å². The zero-order chi connectivity index (χ0) is 17.7. The first kappa shape index (κ1) is 18.5. The third-order valence-corrected chi connectivity index (χ3v) is 4.02. The first-order chi connectivity index (χ1) is 11.2. The molecule has 0 spiro atoms. The topological polar surface area (TPSA) is 52.6 Å². The molecule has 24 heavy (non-hydrogen) atoms. The van der Waals surface area contributed by atoms with Gasteiger partial charge in [-0.1, -0.05) is 32.9 Å². The van der Waals surface area contributed by atoms with E-state index in [0.29, 0.717) is 38.2 Å². The fourth-order valence-corrected chi connectivity index (χ4v) is 2.60. The lowest BCUT2D eigenvalue weighted by Gasteiger charge is -2.31. The predicted molar refractivity (Wildman–Crippen MR) is 94.3 cm³/mol. The Balaban J connectivity index is 1.92. The van der Waals surface area contributed by atoms with Crippen LogP contribution in [0.2, 0.25) is 0 Å². The highest BCUT2D eigenvalue weighted by Gasteiger charge is 2.19. The molecule has 132 valence electrons. The molecule has 2 rings (SSSR count). The number of piperidine rings is 1. The van der Waals surface area contributed by atoms with Crippen LogP contribution >= 0.6 is 0 Å². The highest BCUT2D eigenvalue weighted by molar-refractivity contribution is 5.87. The summed E-state index contributed by atoms with van der Waals surface area (Å²) in [5, 5.41) is 12.3. The van der Waals surface area contributed by atoms with E-state index in [2.05, 4.69) is 5.32 Å². The van der Waals surface area contributed by atoms with Crippen LogP contribution in [0.4, 0.5) is 10.1 Å². The van der Waals surface area contributed by atoms with Gasteiger partial charge in [0.25, 0.3) is 0 Å². The second kappa shape index (κ2) is 7.79. The molecule has 0 aromatic heterocycles. The maximum Gasteiger partial charge on any atom is 0.243 e. The molecule has 1 amide bonds. The van der Waals surface area contributed by atoms with E-state index in [4.69, 9.17) is 0 Å². The van der Waals surface area contributed by atoms with Gasteiger partial charge in [0.2, 0.25) is 5.91 Å². The quantitative estimate of drug-likeness (QED) is 0.832. The highest BCUT2D eigenvalue weighted by Crippen LogP contribution is 2.24. The summed E-state index contributed by atoms with van der Waals surface area (Å²) < 4.78 is 14.3. The number of carbonyl (C=O) groups is 1. The number of halogens is 1. The molecule has 2 N–H and O–H groups in total. The summed E-state index contributed by atoms with van der Waals surface area (Å²) in [5.74, 6) is -0.470. The lowest BCUT2D eigenvalue weighted by molar-refractivity contribution is -0.116. The summed E-state index contributed by atoms with van der Waals surface area (Å²) in [6.45, 7) is 7.67. The van der Waals surface area contributed by atoms with Gasteiger partial charge in [-0.3, -0.25) is 4.79 Å². The highest BCUT2D eigenvalue weighted by atomic mass is 19.1. The smallest absolute Gasteiger partial charge is 0.243 e. The average molecular weight is 334 g/mol. The van der Waals surface area contributed by atoms with E-state index in [1.54, 1.807) is 6.07 Å². The Morgan fingerprint density at radius 2 is 2.04 bits per heavy atom. The molecule has 1 heterocycles. The van der Waals surface area contributed by atoms with Crippen molar-refractivity contribution in [1.82, 2.24) is 5.32 Å². The van der Waals surface area contributed by atoms with Gasteiger partial charge in [0.1, 0.15) is 5.82 Å². The molecular formula is C19H27FN2O2. The van der Waals surface area contributed by atoms with Crippen molar-refractivity contribution in [3.8, 4) is 0 Å². The van der Waals surface area contributed by atoms with Gasteiger partial charge in [-0.05, 0) is 42.0 Å². The molecule has 1 aliphatic heterocycles. The summed E-state index contributed by atoms with van der Waals surface area (Å²) in [5.41, 5.74) is 1.24. The van der Waals surface area contributed by atoms with Crippen molar-refractivity contribution in [3.63, 3.8) is 0 Å². The van der Waals surface area contributed by atoms with Crippen molar-refractivity contribution in [2.24, 2.45) is 5.41 Å². The van der Waals surface area contributed by atoms with E-state index in [-0.39, 0.29) is 23.2 Å². The molecule has 4 nitrogen and oxygen atoms in total. The molecule has 1 saturated heterocycles. The molecule has 0 saturated carbocycles. The molecule has 1 fully saturated rings. The third kappa shape index (κ3) is 5.64. The summed E-state index contributed by atoms with van der Waals surface area (Å²) in [4.78, 5) is 13.7. The van der Waals surface area contributed by atoms with Gasteiger partial charge in [-0.15, -0.1) is 0 Å². The Labute approximate surface area is 143 Å². The molecular weight excluding hydrogens is 307 g/mol. The standard InChI is InChI=1S/C19H27FN2O2/c1-19(2,3)9-6-18(24)21-13-14-4-5-17(16(20)12-14)22-10-7-15(23)8-11-22/h4-6,9,12,15,23H,7-8,10-11,13H2,1-3H3,(H,21,24). The van der Waals surface area contributed by atoms with E-state index >= 15 is 0 Å². The van der Waals surface area contributed by atoms with E-state index in [0.717, 1.165) is 5.56 Å². The van der Waals surface area contributed by atoms with Gasteiger partial charge in [0.15, 0.2) is 0 Å². The van der Waals surface area contributed by atoms with Crippen LogP contribution < -0.4 is 10.2 Å². The van der Waals surface area contributed by atoms with Crippen molar-refractivity contribution in [2.45, 2.75) is 46.3 Å². The van der Waals surface area contributed by atoms with Crippen LogP contribution in [0.1, 0.15) is 39.2 Å². The fourth-order valence-electron chi connectivity index (χ4n) is 2.60. The first-order valence-corrected chi connectivity index (χ1v) is 8.43. The van der Waals surface area contributed by atoms with Crippen molar-refractivity contribution in [1.29, 1.82) is 0 Å². The fraction of sp³-hybridized carbons (Fsp3) is 0.526. The Hall–Kier alpha value is -1.88. The normalized spacial score (nSPS) is 16.6. The van der Waals surface area contributed by atoms with Crippen LogP contribution in [-0.2, 0) is 11.3 Å². The number of nitrogens with zero attached hydrogens (tertiary/aromatic N) is 1. The average Bonchev–Trinajstić information content (AvgIpc) is 2.51. The summed E-state index contributed by atoms with van der Waals surface area (Å²) in [6, 6.07) is 5.05. The van der Waals surface area contributed by atoms with E-state index in [9.17, 15) is 14.3 Å². The molecule has 5 heteroatoms. The Morgan fingerprint density at radius 1 is 1.38 bits per heavy atom. The largest absolute Gasteiger partial charge is 0.393 e. The maximum atomic E-state index is 14.3. The van der Waals surface area contributed by atoms with E-state index in [1.165, 1.54) is 12.1 Å². The number of anilines is 1. The zero-order valence-electron chi connectivity index (χ0n) is 14.7. The van der Waals surface area contributed by atoms with Crippen LogP contribution in [0, 0.1) is 11.2 Å². The van der Waals surface area contributed by atoms with Crippen molar-refractivity contribution >= 4 is 11.6 Å².